The van der Waals surface area contributed by atoms with Gasteiger partial charge in [-0.2, -0.15) is 0 Å². The molecule has 0 heterocycles. The van der Waals surface area contributed by atoms with Crippen LogP contribution in [0.25, 0.3) is 0 Å². The molecule has 0 aliphatic carbocycles. The van der Waals surface area contributed by atoms with Crippen molar-refractivity contribution in [2.75, 3.05) is 0 Å². The molecule has 0 aromatic heterocycles. The van der Waals surface area contributed by atoms with E-state index >= 15 is 0 Å². The standard InChI is InChI=1S/4FH3O3Si.3H4Si/c4*1-5(2,3)4;;;/h4*2-4H;3*1H4. The lowest BCUT2D eigenvalue weighted by Gasteiger charge is -1.88. The van der Waals surface area contributed by atoms with Crippen LogP contribution in [0.15, 0.2) is 0 Å². The first-order valence-electron chi connectivity index (χ1n) is 3.44. The second-order valence-electron chi connectivity index (χ2n) is 2.21. The molecule has 0 fully saturated rings. The number of hydrogen-bond acceptors (Lipinski definition) is 12. The minimum atomic E-state index is -5.11. The Hall–Kier alpha value is 0.758. The molecule has 0 rings (SSSR count). The van der Waals surface area contributed by atoms with Crippen molar-refractivity contribution in [3.8, 4) is 0 Å². The minimum absolute atomic E-state index is 0. The third-order valence-electron chi connectivity index (χ3n) is 0. The van der Waals surface area contributed by atoms with E-state index in [-0.39, 0.29) is 32.9 Å². The fourth-order valence-corrected chi connectivity index (χ4v) is 0. The van der Waals surface area contributed by atoms with Crippen molar-refractivity contribution in [2.24, 2.45) is 0 Å². The predicted molar refractivity (Wildman–Crippen MR) is 88.1 cm³/mol. The van der Waals surface area contributed by atoms with E-state index < -0.39 is 36.6 Å². The highest BCUT2D eigenvalue weighted by atomic mass is 28.4. The second kappa shape index (κ2) is 17.6. The first-order chi connectivity index (χ1) is 8.00. The van der Waals surface area contributed by atoms with E-state index in [0.717, 1.165) is 0 Å². The molecule has 23 heteroatoms. The van der Waals surface area contributed by atoms with Crippen LogP contribution >= 0.6 is 0 Å². The molecule has 0 aliphatic heterocycles. The zero-order chi connectivity index (χ0) is 18.0. The van der Waals surface area contributed by atoms with Crippen LogP contribution in [0.1, 0.15) is 0 Å². The third-order valence-corrected chi connectivity index (χ3v) is 0. The fourth-order valence-electron chi connectivity index (χ4n) is 0. The molecule has 12 nitrogen and oxygen atoms in total. The highest BCUT2D eigenvalue weighted by Crippen LogP contribution is 1.81. The highest BCUT2D eigenvalue weighted by molar-refractivity contribution is 6.48. The normalized spacial score (nSPS) is 10.4. The molecule has 0 unspecified atom stereocenters. The van der Waals surface area contributed by atoms with Crippen LogP contribution in [-0.2, 0) is 0 Å². The third kappa shape index (κ3) is 17100. The maximum absolute atomic E-state index is 10.5. The molecule has 0 aromatic rings. The Bertz CT molecular complexity index is 143. The summed E-state index contributed by atoms with van der Waals surface area (Å²) in [6, 6.07) is 0. The summed E-state index contributed by atoms with van der Waals surface area (Å²) in [6.45, 7) is 0. The van der Waals surface area contributed by atoms with Gasteiger partial charge in [-0.25, -0.2) is 16.4 Å². The molecule has 0 amide bonds. The Labute approximate surface area is 144 Å². The van der Waals surface area contributed by atoms with Gasteiger partial charge in [0.05, 0.1) is 0 Å². The van der Waals surface area contributed by atoms with E-state index in [2.05, 4.69) is 0 Å². The maximum Gasteiger partial charge on any atom is 0.711 e. The smallest absolute Gasteiger partial charge is 0.365 e. The summed E-state index contributed by atoms with van der Waals surface area (Å²) in [5.41, 5.74) is 0. The van der Waals surface area contributed by atoms with Crippen LogP contribution in [0.5, 0.6) is 0 Å². The van der Waals surface area contributed by atoms with Crippen LogP contribution in [0.4, 0.5) is 16.4 Å². The van der Waals surface area contributed by atoms with Crippen LogP contribution in [0, 0.1) is 0 Å². The summed E-state index contributed by atoms with van der Waals surface area (Å²) in [5, 5.41) is 0. The van der Waals surface area contributed by atoms with Gasteiger partial charge in [-0.15, -0.1) is 0 Å². The maximum atomic E-state index is 10.5. The number of halogens is 4. The van der Waals surface area contributed by atoms with Gasteiger partial charge in [0.15, 0.2) is 0 Å². The molecule has 12 N–H and O–H groups in total. The van der Waals surface area contributed by atoms with Crippen LogP contribution in [-0.4, -0.2) is 127 Å². The van der Waals surface area contributed by atoms with Crippen molar-refractivity contribution in [1.82, 2.24) is 0 Å². The molecule has 0 bridgehead atoms. The molecular formula is H24F4O12Si7. The summed E-state index contributed by atoms with van der Waals surface area (Å²) in [7, 11) is -20.4. The van der Waals surface area contributed by atoms with Gasteiger partial charge in [-0.05, 0) is 32.9 Å². The quantitative estimate of drug-likeness (QED) is 0.0863. The van der Waals surface area contributed by atoms with E-state index in [0.29, 0.717) is 0 Å². The molecule has 152 valence electrons. The van der Waals surface area contributed by atoms with Crippen LogP contribution in [0.3, 0.4) is 0 Å². The summed E-state index contributed by atoms with van der Waals surface area (Å²) < 4.78 is 42.0. The summed E-state index contributed by atoms with van der Waals surface area (Å²) in [6.07, 6.45) is 0. The Morgan fingerprint density at radius 3 is 0.304 bits per heavy atom. The molecule has 0 saturated carbocycles. The van der Waals surface area contributed by atoms with Crippen LogP contribution in [0.2, 0.25) is 0 Å². The van der Waals surface area contributed by atoms with Crippen molar-refractivity contribution < 1.29 is 74.0 Å². The Kier molecular flexibility index (Phi) is 33.5. The Balaban J connectivity index is -0.0000000284. The second-order valence-corrected chi connectivity index (χ2v) is 6.64. The minimum Gasteiger partial charge on any atom is -0.365 e. The lowest BCUT2D eigenvalue weighted by molar-refractivity contribution is 0.162. The summed E-state index contributed by atoms with van der Waals surface area (Å²) in [5.74, 6) is 0. The fraction of sp³-hybridized carbons (Fsp3) is 0. The van der Waals surface area contributed by atoms with E-state index in [1.807, 2.05) is 0 Å². The van der Waals surface area contributed by atoms with Crippen molar-refractivity contribution in [3.05, 3.63) is 0 Å². The van der Waals surface area contributed by atoms with Gasteiger partial charge >= 0.3 is 36.6 Å². The topological polar surface area (TPSA) is 243 Å². The summed E-state index contributed by atoms with van der Waals surface area (Å²) >= 11 is 0. The zero-order valence-electron chi connectivity index (χ0n) is 8.88. The van der Waals surface area contributed by atoms with Gasteiger partial charge in [0, 0.05) is 0 Å². The first kappa shape index (κ1) is 43.8. The lowest BCUT2D eigenvalue weighted by Crippen LogP contribution is -2.27. The predicted octanol–water partition coefficient (Wildman–Crippen LogP) is -10.9. The van der Waals surface area contributed by atoms with E-state index in [1.54, 1.807) is 0 Å². The first-order valence-corrected chi connectivity index (χ1v) is 10.3. The molecule has 23 heavy (non-hydrogen) atoms. The molecular weight excluding hydrogens is 465 g/mol. The molecule has 0 saturated heterocycles. The molecule has 0 radical (unpaired) electrons. The molecule has 0 aliphatic rings. The SMILES string of the molecule is O[Si](O)(O)F.O[Si](O)(O)F.O[Si](O)(O)F.O[Si](O)(O)F.[SiH4].[SiH4].[SiH4]. The van der Waals surface area contributed by atoms with E-state index in [9.17, 15) is 16.4 Å². The molecule has 0 spiro atoms. The molecule has 0 atom stereocenters. The van der Waals surface area contributed by atoms with Gasteiger partial charge in [-0.1, -0.05) is 0 Å². The van der Waals surface area contributed by atoms with E-state index in [4.69, 9.17) is 57.5 Å². The van der Waals surface area contributed by atoms with Gasteiger partial charge in [0.2, 0.25) is 0 Å². The van der Waals surface area contributed by atoms with Crippen molar-refractivity contribution in [1.29, 1.82) is 0 Å². The Morgan fingerprint density at radius 1 is 0.304 bits per heavy atom. The number of rotatable bonds is 0. The van der Waals surface area contributed by atoms with E-state index in [1.165, 1.54) is 0 Å². The average Bonchev–Trinajstić information content (AvgIpc) is 1.62. The van der Waals surface area contributed by atoms with Crippen molar-refractivity contribution >= 4 is 69.4 Å². The van der Waals surface area contributed by atoms with Crippen molar-refractivity contribution in [3.63, 3.8) is 0 Å². The van der Waals surface area contributed by atoms with Gasteiger partial charge in [0.25, 0.3) is 0 Å². The van der Waals surface area contributed by atoms with Crippen molar-refractivity contribution in [2.45, 2.75) is 0 Å². The number of hydrogen-bond donors (Lipinski definition) is 12. The monoisotopic (exact) mass is 488 g/mol. The summed E-state index contributed by atoms with van der Waals surface area (Å²) in [4.78, 5) is 85.2. The van der Waals surface area contributed by atoms with Crippen LogP contribution < -0.4 is 0 Å². The lowest BCUT2D eigenvalue weighted by atomic mass is 15.7. The van der Waals surface area contributed by atoms with Gasteiger partial charge < -0.3 is 57.5 Å². The Morgan fingerprint density at radius 2 is 0.304 bits per heavy atom. The van der Waals surface area contributed by atoms with Gasteiger partial charge in [0.1, 0.15) is 0 Å². The zero-order valence-corrected chi connectivity index (χ0v) is 12.9. The molecule has 0 aromatic carbocycles. The highest BCUT2D eigenvalue weighted by Gasteiger charge is 2.27. The average molecular weight is 489 g/mol. The largest absolute Gasteiger partial charge is 0.711 e. The van der Waals surface area contributed by atoms with Gasteiger partial charge in [-0.3, -0.25) is 0 Å².